The van der Waals surface area contributed by atoms with E-state index in [9.17, 15) is 9.59 Å². The molecule has 0 aliphatic carbocycles. The van der Waals surface area contributed by atoms with Gasteiger partial charge in [-0.3, -0.25) is 14.5 Å². The van der Waals surface area contributed by atoms with E-state index in [-0.39, 0.29) is 23.5 Å². The summed E-state index contributed by atoms with van der Waals surface area (Å²) in [5.41, 5.74) is 0. The lowest BCUT2D eigenvalue weighted by molar-refractivity contribution is -0.124. The van der Waals surface area contributed by atoms with Gasteiger partial charge in [0.15, 0.2) is 5.76 Å². The van der Waals surface area contributed by atoms with Crippen LogP contribution in [0.3, 0.4) is 0 Å². The second-order valence-corrected chi connectivity index (χ2v) is 6.89. The zero-order valence-electron chi connectivity index (χ0n) is 15.6. The van der Waals surface area contributed by atoms with Crippen molar-refractivity contribution >= 4 is 11.8 Å². The molecule has 0 unspecified atom stereocenters. The van der Waals surface area contributed by atoms with Gasteiger partial charge >= 0.3 is 0 Å². The molecule has 136 valence electrons. The first-order valence-electron chi connectivity index (χ1n) is 8.61. The van der Waals surface area contributed by atoms with Crippen LogP contribution in [0.15, 0.2) is 22.8 Å². The largest absolute Gasteiger partial charge is 0.459 e. The molecule has 24 heavy (non-hydrogen) atoms. The highest BCUT2D eigenvalue weighted by Gasteiger charge is 2.25. The molecule has 1 aromatic heterocycles. The molecular formula is C18H31N3O3. The van der Waals surface area contributed by atoms with Crippen molar-refractivity contribution in [1.29, 1.82) is 0 Å². The average Bonchev–Trinajstić information content (AvgIpc) is 3.01. The topological polar surface area (TPSA) is 74.6 Å². The number of nitrogens with zero attached hydrogens (tertiary/aromatic N) is 1. The Kier molecular flexibility index (Phi) is 7.98. The van der Waals surface area contributed by atoms with Gasteiger partial charge in [-0.2, -0.15) is 0 Å². The van der Waals surface area contributed by atoms with Gasteiger partial charge in [-0.15, -0.1) is 0 Å². The molecule has 1 rings (SSSR count). The Morgan fingerprint density at radius 3 is 2.21 bits per heavy atom. The van der Waals surface area contributed by atoms with Crippen molar-refractivity contribution < 1.29 is 14.0 Å². The van der Waals surface area contributed by atoms with E-state index in [0.717, 1.165) is 6.54 Å². The predicted molar refractivity (Wildman–Crippen MR) is 94.8 cm³/mol. The molecule has 0 aliphatic rings. The fraction of sp³-hybridized carbons (Fsp3) is 0.667. The van der Waals surface area contributed by atoms with Crippen LogP contribution in [0, 0.1) is 5.92 Å². The summed E-state index contributed by atoms with van der Waals surface area (Å²) in [5.74, 6) is -0.355. The number of rotatable bonds is 9. The van der Waals surface area contributed by atoms with Gasteiger partial charge in [0.1, 0.15) is 6.04 Å². The number of hydrogen-bond acceptors (Lipinski definition) is 4. The summed E-state index contributed by atoms with van der Waals surface area (Å²) in [6.45, 7) is 13.7. The number of furan rings is 1. The minimum absolute atomic E-state index is 0.0183. The SMILES string of the molecule is CC(C)[C@H](NC(=O)c1ccco1)C(=O)NCCN(C(C)C)C(C)C. The highest BCUT2D eigenvalue weighted by Crippen LogP contribution is 2.07. The van der Waals surface area contributed by atoms with Gasteiger partial charge in [-0.05, 0) is 45.7 Å². The van der Waals surface area contributed by atoms with E-state index < -0.39 is 6.04 Å². The molecule has 0 saturated heterocycles. The van der Waals surface area contributed by atoms with E-state index >= 15 is 0 Å². The molecule has 0 saturated carbocycles. The lowest BCUT2D eigenvalue weighted by Gasteiger charge is -2.31. The molecule has 0 spiro atoms. The fourth-order valence-corrected chi connectivity index (χ4v) is 2.69. The molecule has 1 aromatic rings. The van der Waals surface area contributed by atoms with Crippen LogP contribution in [0.5, 0.6) is 0 Å². The van der Waals surface area contributed by atoms with Gasteiger partial charge in [-0.25, -0.2) is 0 Å². The summed E-state index contributed by atoms with van der Waals surface area (Å²) in [7, 11) is 0. The van der Waals surface area contributed by atoms with Crippen LogP contribution in [0.2, 0.25) is 0 Å². The lowest BCUT2D eigenvalue weighted by Crippen LogP contribution is -2.51. The molecule has 6 nitrogen and oxygen atoms in total. The summed E-state index contributed by atoms with van der Waals surface area (Å²) in [6.07, 6.45) is 1.44. The Labute approximate surface area is 145 Å². The zero-order valence-corrected chi connectivity index (χ0v) is 15.6. The van der Waals surface area contributed by atoms with Crippen LogP contribution < -0.4 is 10.6 Å². The van der Waals surface area contributed by atoms with E-state index in [4.69, 9.17) is 4.42 Å². The molecule has 0 aromatic carbocycles. The molecule has 2 amide bonds. The van der Waals surface area contributed by atoms with E-state index in [1.165, 1.54) is 6.26 Å². The number of hydrogen-bond donors (Lipinski definition) is 2. The van der Waals surface area contributed by atoms with Gasteiger partial charge in [0.2, 0.25) is 5.91 Å². The standard InChI is InChI=1S/C18H31N3O3/c1-12(2)16(20-17(22)15-8-7-11-24-15)18(23)19-9-10-21(13(3)4)14(5)6/h7-8,11-14,16H,9-10H2,1-6H3,(H,19,23)(H,20,22)/t16-/m0/s1. The van der Waals surface area contributed by atoms with Crippen LogP contribution in [0.1, 0.15) is 52.1 Å². The molecule has 0 bridgehead atoms. The molecule has 2 N–H and O–H groups in total. The smallest absolute Gasteiger partial charge is 0.287 e. The Bertz CT molecular complexity index is 502. The summed E-state index contributed by atoms with van der Waals surface area (Å²) in [6, 6.07) is 3.47. The maximum absolute atomic E-state index is 12.4. The summed E-state index contributed by atoms with van der Waals surface area (Å²) in [5, 5.41) is 5.67. The van der Waals surface area contributed by atoms with E-state index in [1.807, 2.05) is 13.8 Å². The number of amides is 2. The maximum atomic E-state index is 12.4. The second kappa shape index (κ2) is 9.47. The van der Waals surface area contributed by atoms with Crippen molar-refractivity contribution in [3.8, 4) is 0 Å². The van der Waals surface area contributed by atoms with Crippen molar-refractivity contribution in [2.24, 2.45) is 5.92 Å². The summed E-state index contributed by atoms with van der Waals surface area (Å²) >= 11 is 0. The minimum atomic E-state index is -0.589. The van der Waals surface area contributed by atoms with Gasteiger partial charge in [0.05, 0.1) is 6.26 Å². The molecule has 0 aliphatic heterocycles. The van der Waals surface area contributed by atoms with Crippen molar-refractivity contribution in [3.63, 3.8) is 0 Å². The van der Waals surface area contributed by atoms with Crippen LogP contribution >= 0.6 is 0 Å². The predicted octanol–water partition coefficient (Wildman–Crippen LogP) is 2.27. The molecule has 0 radical (unpaired) electrons. The highest BCUT2D eigenvalue weighted by molar-refractivity contribution is 5.95. The molecule has 1 atom stereocenters. The molecule has 1 heterocycles. The Balaban J connectivity index is 2.56. The van der Waals surface area contributed by atoms with Crippen LogP contribution in [0.25, 0.3) is 0 Å². The van der Waals surface area contributed by atoms with Crippen LogP contribution in [0.4, 0.5) is 0 Å². The zero-order chi connectivity index (χ0) is 18.3. The van der Waals surface area contributed by atoms with Crippen molar-refractivity contribution in [3.05, 3.63) is 24.2 Å². The van der Waals surface area contributed by atoms with Crippen LogP contribution in [-0.2, 0) is 4.79 Å². The maximum Gasteiger partial charge on any atom is 0.287 e. The van der Waals surface area contributed by atoms with Gasteiger partial charge in [-0.1, -0.05) is 13.8 Å². The van der Waals surface area contributed by atoms with Crippen molar-refractivity contribution in [2.75, 3.05) is 13.1 Å². The van der Waals surface area contributed by atoms with Gasteiger partial charge in [0, 0.05) is 25.2 Å². The first kappa shape index (κ1) is 20.2. The Hall–Kier alpha value is -1.82. The number of carbonyl (C=O) groups excluding carboxylic acids is 2. The highest BCUT2D eigenvalue weighted by atomic mass is 16.3. The molecular weight excluding hydrogens is 306 g/mol. The second-order valence-electron chi connectivity index (χ2n) is 6.89. The number of carbonyl (C=O) groups is 2. The normalized spacial score (nSPS) is 12.9. The summed E-state index contributed by atoms with van der Waals surface area (Å²) in [4.78, 5) is 26.8. The monoisotopic (exact) mass is 337 g/mol. The fourth-order valence-electron chi connectivity index (χ4n) is 2.69. The summed E-state index contributed by atoms with van der Waals surface area (Å²) < 4.78 is 5.07. The Morgan fingerprint density at radius 2 is 1.75 bits per heavy atom. The van der Waals surface area contributed by atoms with E-state index in [1.54, 1.807) is 12.1 Å². The first-order valence-corrected chi connectivity index (χ1v) is 8.61. The number of nitrogens with one attached hydrogen (secondary N) is 2. The molecule has 6 heteroatoms. The van der Waals surface area contributed by atoms with Gasteiger partial charge < -0.3 is 15.1 Å². The van der Waals surface area contributed by atoms with Gasteiger partial charge in [0.25, 0.3) is 5.91 Å². The minimum Gasteiger partial charge on any atom is -0.459 e. The third-order valence-electron chi connectivity index (χ3n) is 3.98. The van der Waals surface area contributed by atoms with Crippen molar-refractivity contribution in [2.45, 2.75) is 59.7 Å². The van der Waals surface area contributed by atoms with Crippen molar-refractivity contribution in [1.82, 2.24) is 15.5 Å². The quantitative estimate of drug-likeness (QED) is 0.725. The van der Waals surface area contributed by atoms with Crippen LogP contribution in [-0.4, -0.2) is 47.9 Å². The third-order valence-corrected chi connectivity index (χ3v) is 3.98. The lowest BCUT2D eigenvalue weighted by atomic mass is 10.0. The van der Waals surface area contributed by atoms with E-state index in [2.05, 4.69) is 43.2 Å². The van der Waals surface area contributed by atoms with E-state index in [0.29, 0.717) is 18.6 Å². The Morgan fingerprint density at radius 1 is 1.12 bits per heavy atom. The average molecular weight is 337 g/mol. The third kappa shape index (κ3) is 6.00. The first-order chi connectivity index (χ1) is 11.2. The molecule has 0 fully saturated rings.